The van der Waals surface area contributed by atoms with Crippen LogP contribution in [0.15, 0.2) is 22.8 Å². The second kappa shape index (κ2) is 5.48. The Bertz CT molecular complexity index is 588. The zero-order chi connectivity index (χ0) is 13.9. The van der Waals surface area contributed by atoms with Gasteiger partial charge in [-0.1, -0.05) is 6.42 Å². The Balaban J connectivity index is 1.76. The summed E-state index contributed by atoms with van der Waals surface area (Å²) < 4.78 is 7.23. The highest BCUT2D eigenvalue weighted by Crippen LogP contribution is 2.18. The molecule has 0 bridgehead atoms. The van der Waals surface area contributed by atoms with Crippen LogP contribution in [0, 0.1) is 0 Å². The molecule has 1 unspecified atom stereocenters. The fourth-order valence-electron chi connectivity index (χ4n) is 2.57. The van der Waals surface area contributed by atoms with Gasteiger partial charge in [-0.3, -0.25) is 4.79 Å². The average Bonchev–Trinajstić information content (AvgIpc) is 3.04. The summed E-state index contributed by atoms with van der Waals surface area (Å²) in [6, 6.07) is 3.15. The van der Waals surface area contributed by atoms with Gasteiger partial charge in [0.1, 0.15) is 5.82 Å². The van der Waals surface area contributed by atoms with E-state index in [4.69, 9.17) is 4.42 Å². The molecule has 0 saturated heterocycles. The van der Waals surface area contributed by atoms with Crippen molar-refractivity contribution in [1.29, 1.82) is 0 Å². The van der Waals surface area contributed by atoms with E-state index >= 15 is 0 Å². The number of furan rings is 1. The third-order valence-corrected chi connectivity index (χ3v) is 3.62. The first kappa shape index (κ1) is 12.9. The Morgan fingerprint density at radius 2 is 2.30 bits per heavy atom. The quantitative estimate of drug-likeness (QED) is 0.930. The average molecular weight is 274 g/mol. The van der Waals surface area contributed by atoms with Crippen molar-refractivity contribution in [3.63, 3.8) is 0 Å². The van der Waals surface area contributed by atoms with Crippen LogP contribution in [-0.4, -0.2) is 20.7 Å². The molecule has 6 nitrogen and oxygen atoms in total. The van der Waals surface area contributed by atoms with Crippen molar-refractivity contribution in [2.75, 3.05) is 0 Å². The number of aryl methyl sites for hydroxylation is 1. The number of nitrogens with one attached hydrogen (secondary N) is 1. The molecule has 3 heterocycles. The van der Waals surface area contributed by atoms with Gasteiger partial charge >= 0.3 is 0 Å². The van der Waals surface area contributed by atoms with Crippen LogP contribution in [0.4, 0.5) is 0 Å². The Kier molecular flexibility index (Phi) is 3.54. The Hall–Kier alpha value is -2.11. The molecule has 1 amide bonds. The van der Waals surface area contributed by atoms with Crippen molar-refractivity contribution >= 4 is 5.91 Å². The van der Waals surface area contributed by atoms with E-state index in [0.29, 0.717) is 5.76 Å². The van der Waals surface area contributed by atoms with Gasteiger partial charge in [-0.05, 0) is 31.9 Å². The van der Waals surface area contributed by atoms with Crippen LogP contribution in [-0.2, 0) is 13.0 Å². The standard InChI is InChI=1S/C14H18N4O2/c1-10(15-14(19)11-6-5-9-20-11)13-17-16-12-7-3-2-4-8-18(12)13/h5-6,9-10H,2-4,7-8H2,1H3,(H,15,19). The third-order valence-electron chi connectivity index (χ3n) is 3.62. The summed E-state index contributed by atoms with van der Waals surface area (Å²) in [5, 5.41) is 11.4. The van der Waals surface area contributed by atoms with E-state index in [-0.39, 0.29) is 11.9 Å². The maximum Gasteiger partial charge on any atom is 0.287 e. The lowest BCUT2D eigenvalue weighted by Crippen LogP contribution is -2.28. The number of amides is 1. The van der Waals surface area contributed by atoms with E-state index in [2.05, 4.69) is 20.1 Å². The predicted molar refractivity (Wildman–Crippen MR) is 72.2 cm³/mol. The number of aromatic nitrogens is 3. The summed E-state index contributed by atoms with van der Waals surface area (Å²) in [6.45, 7) is 2.85. The van der Waals surface area contributed by atoms with E-state index in [0.717, 1.165) is 37.5 Å². The van der Waals surface area contributed by atoms with Gasteiger partial charge in [-0.2, -0.15) is 0 Å². The Morgan fingerprint density at radius 3 is 3.10 bits per heavy atom. The van der Waals surface area contributed by atoms with Gasteiger partial charge in [0.15, 0.2) is 11.6 Å². The van der Waals surface area contributed by atoms with Crippen LogP contribution in [0.1, 0.15) is 54.4 Å². The highest BCUT2D eigenvalue weighted by atomic mass is 16.3. The molecule has 0 spiro atoms. The van der Waals surface area contributed by atoms with Gasteiger partial charge in [-0.15, -0.1) is 10.2 Å². The maximum absolute atomic E-state index is 12.0. The van der Waals surface area contributed by atoms with Gasteiger partial charge in [0.05, 0.1) is 12.3 Å². The lowest BCUT2D eigenvalue weighted by atomic mass is 10.2. The molecule has 0 saturated carbocycles. The molecule has 1 atom stereocenters. The molecule has 0 aliphatic carbocycles. The van der Waals surface area contributed by atoms with E-state index < -0.39 is 0 Å². The number of carbonyl (C=O) groups is 1. The zero-order valence-corrected chi connectivity index (χ0v) is 11.5. The van der Waals surface area contributed by atoms with Crippen LogP contribution >= 0.6 is 0 Å². The van der Waals surface area contributed by atoms with Crippen LogP contribution in [0.2, 0.25) is 0 Å². The largest absolute Gasteiger partial charge is 0.459 e. The third kappa shape index (κ3) is 2.45. The molecule has 20 heavy (non-hydrogen) atoms. The topological polar surface area (TPSA) is 73.0 Å². The van der Waals surface area contributed by atoms with Crippen LogP contribution in [0.5, 0.6) is 0 Å². The molecule has 1 aliphatic rings. The van der Waals surface area contributed by atoms with Gasteiger partial charge in [0.25, 0.3) is 5.91 Å². The maximum atomic E-state index is 12.0. The van der Waals surface area contributed by atoms with Crippen LogP contribution < -0.4 is 5.32 Å². The Morgan fingerprint density at radius 1 is 1.40 bits per heavy atom. The SMILES string of the molecule is CC(NC(=O)c1ccco1)c1nnc2n1CCCCC2. The van der Waals surface area contributed by atoms with E-state index in [1.165, 1.54) is 12.7 Å². The molecule has 0 radical (unpaired) electrons. The summed E-state index contributed by atoms with van der Waals surface area (Å²) in [5.41, 5.74) is 0. The van der Waals surface area contributed by atoms with Gasteiger partial charge in [0, 0.05) is 13.0 Å². The fourth-order valence-corrected chi connectivity index (χ4v) is 2.57. The highest BCUT2D eigenvalue weighted by molar-refractivity contribution is 5.91. The van der Waals surface area contributed by atoms with Crippen molar-refractivity contribution in [1.82, 2.24) is 20.1 Å². The number of hydrogen-bond donors (Lipinski definition) is 1. The molecule has 6 heteroatoms. The van der Waals surface area contributed by atoms with E-state index in [1.54, 1.807) is 12.1 Å². The van der Waals surface area contributed by atoms with E-state index in [1.807, 2.05) is 6.92 Å². The molecule has 1 N–H and O–H groups in total. The summed E-state index contributed by atoms with van der Waals surface area (Å²) >= 11 is 0. The normalized spacial score (nSPS) is 16.2. The van der Waals surface area contributed by atoms with Crippen molar-refractivity contribution in [3.05, 3.63) is 35.8 Å². The molecule has 2 aromatic rings. The summed E-state index contributed by atoms with van der Waals surface area (Å²) in [7, 11) is 0. The van der Waals surface area contributed by atoms with Crippen LogP contribution in [0.3, 0.4) is 0 Å². The number of nitrogens with zero attached hydrogens (tertiary/aromatic N) is 3. The molecule has 3 rings (SSSR count). The lowest BCUT2D eigenvalue weighted by molar-refractivity contribution is 0.0909. The van der Waals surface area contributed by atoms with Crippen molar-refractivity contribution in [3.8, 4) is 0 Å². The smallest absolute Gasteiger partial charge is 0.287 e. The minimum Gasteiger partial charge on any atom is -0.459 e. The number of fused-ring (bicyclic) bond motifs is 1. The van der Waals surface area contributed by atoms with Crippen molar-refractivity contribution in [2.24, 2.45) is 0 Å². The summed E-state index contributed by atoms with van der Waals surface area (Å²) in [4.78, 5) is 12.0. The molecular weight excluding hydrogens is 256 g/mol. The van der Waals surface area contributed by atoms with Gasteiger partial charge in [0.2, 0.25) is 0 Å². The summed E-state index contributed by atoms with van der Waals surface area (Å²) in [5.74, 6) is 1.93. The van der Waals surface area contributed by atoms with Gasteiger partial charge < -0.3 is 14.3 Å². The summed E-state index contributed by atoms with van der Waals surface area (Å²) in [6.07, 6.45) is 5.96. The lowest BCUT2D eigenvalue weighted by Gasteiger charge is -2.14. The molecular formula is C14H18N4O2. The number of rotatable bonds is 3. The minimum atomic E-state index is -0.228. The first-order chi connectivity index (χ1) is 9.75. The predicted octanol–water partition coefficient (Wildman–Crippen LogP) is 2.09. The van der Waals surface area contributed by atoms with E-state index in [9.17, 15) is 4.79 Å². The Labute approximate surface area is 117 Å². The molecule has 0 fully saturated rings. The first-order valence-corrected chi connectivity index (χ1v) is 7.02. The number of carbonyl (C=O) groups excluding carboxylic acids is 1. The van der Waals surface area contributed by atoms with Crippen molar-refractivity contribution < 1.29 is 9.21 Å². The molecule has 106 valence electrons. The van der Waals surface area contributed by atoms with Crippen LogP contribution in [0.25, 0.3) is 0 Å². The highest BCUT2D eigenvalue weighted by Gasteiger charge is 2.21. The second-order valence-corrected chi connectivity index (χ2v) is 5.11. The van der Waals surface area contributed by atoms with Crippen molar-refractivity contribution in [2.45, 2.75) is 45.2 Å². The number of hydrogen-bond acceptors (Lipinski definition) is 4. The molecule has 2 aromatic heterocycles. The molecule has 1 aliphatic heterocycles. The monoisotopic (exact) mass is 274 g/mol. The fraction of sp³-hybridized carbons (Fsp3) is 0.500. The second-order valence-electron chi connectivity index (χ2n) is 5.11. The minimum absolute atomic E-state index is 0.188. The molecule has 0 aromatic carbocycles. The zero-order valence-electron chi connectivity index (χ0n) is 11.5. The van der Waals surface area contributed by atoms with Gasteiger partial charge in [-0.25, -0.2) is 0 Å². The first-order valence-electron chi connectivity index (χ1n) is 7.02.